The van der Waals surface area contributed by atoms with Crippen molar-refractivity contribution in [3.05, 3.63) is 70.0 Å². The van der Waals surface area contributed by atoms with Crippen molar-refractivity contribution in [1.29, 1.82) is 0 Å². The van der Waals surface area contributed by atoms with E-state index >= 15 is 0 Å². The second-order valence-corrected chi connectivity index (χ2v) is 5.97. The lowest BCUT2D eigenvalue weighted by atomic mass is 9.72. The summed E-state index contributed by atoms with van der Waals surface area (Å²) in [6.45, 7) is 3.00. The Morgan fingerprint density at radius 3 is 2.81 bits per heavy atom. The molecule has 0 heterocycles. The van der Waals surface area contributed by atoms with Gasteiger partial charge in [0.2, 0.25) is 0 Å². The van der Waals surface area contributed by atoms with Gasteiger partial charge in [0.25, 0.3) is 0 Å². The van der Waals surface area contributed by atoms with Crippen molar-refractivity contribution in [1.82, 2.24) is 5.32 Å². The standard InChI is InChI=1S/C18H19ClFN/c1-2-21-17(11-13-7-5-9-16(20)18(13)19)15-10-12-6-3-4-8-14(12)15/h3-9,15,17,21H,2,10-11H2,1H3. The van der Waals surface area contributed by atoms with Crippen LogP contribution in [-0.2, 0) is 12.8 Å². The molecule has 0 aromatic heterocycles. The first kappa shape index (κ1) is 14.6. The fourth-order valence-electron chi connectivity index (χ4n) is 3.22. The number of benzene rings is 2. The Hall–Kier alpha value is -1.38. The van der Waals surface area contributed by atoms with E-state index in [1.165, 1.54) is 17.2 Å². The van der Waals surface area contributed by atoms with Crippen molar-refractivity contribution in [3.63, 3.8) is 0 Å². The van der Waals surface area contributed by atoms with Crippen molar-refractivity contribution < 1.29 is 4.39 Å². The molecular formula is C18H19ClFN. The molecule has 110 valence electrons. The van der Waals surface area contributed by atoms with Gasteiger partial charge in [0.15, 0.2) is 0 Å². The Balaban J connectivity index is 1.82. The number of rotatable bonds is 5. The summed E-state index contributed by atoms with van der Waals surface area (Å²) in [7, 11) is 0. The van der Waals surface area contributed by atoms with Gasteiger partial charge in [0.05, 0.1) is 5.02 Å². The highest BCUT2D eigenvalue weighted by atomic mass is 35.5. The largest absolute Gasteiger partial charge is 0.313 e. The van der Waals surface area contributed by atoms with Crippen LogP contribution in [0.4, 0.5) is 4.39 Å². The molecule has 2 unspecified atom stereocenters. The molecular weight excluding hydrogens is 285 g/mol. The smallest absolute Gasteiger partial charge is 0.142 e. The minimum atomic E-state index is -0.335. The monoisotopic (exact) mass is 303 g/mol. The zero-order valence-corrected chi connectivity index (χ0v) is 12.8. The van der Waals surface area contributed by atoms with Gasteiger partial charge >= 0.3 is 0 Å². The van der Waals surface area contributed by atoms with E-state index in [4.69, 9.17) is 11.6 Å². The molecule has 1 nitrogen and oxygen atoms in total. The van der Waals surface area contributed by atoms with E-state index in [9.17, 15) is 4.39 Å². The highest BCUT2D eigenvalue weighted by Crippen LogP contribution is 2.38. The second kappa shape index (κ2) is 6.17. The number of halogens is 2. The number of nitrogens with one attached hydrogen (secondary N) is 1. The van der Waals surface area contributed by atoms with Gasteiger partial charge in [-0.3, -0.25) is 0 Å². The predicted octanol–water partition coefficient (Wildman–Crippen LogP) is 4.34. The van der Waals surface area contributed by atoms with Crippen LogP contribution in [0.15, 0.2) is 42.5 Å². The number of hydrogen-bond acceptors (Lipinski definition) is 1. The average Bonchev–Trinajstić information content (AvgIpc) is 2.45. The SMILES string of the molecule is CCNC(Cc1cccc(F)c1Cl)C1Cc2ccccc21. The molecule has 1 aliphatic carbocycles. The molecule has 0 amide bonds. The zero-order chi connectivity index (χ0) is 14.8. The van der Waals surface area contributed by atoms with E-state index in [0.717, 1.165) is 24.9 Å². The third-order valence-electron chi connectivity index (χ3n) is 4.32. The molecule has 2 aromatic carbocycles. The Bertz CT molecular complexity index is 641. The van der Waals surface area contributed by atoms with Crippen molar-refractivity contribution in [2.75, 3.05) is 6.54 Å². The fraction of sp³-hybridized carbons (Fsp3) is 0.333. The quantitative estimate of drug-likeness (QED) is 0.866. The van der Waals surface area contributed by atoms with Crippen LogP contribution < -0.4 is 5.32 Å². The number of hydrogen-bond donors (Lipinski definition) is 1. The number of likely N-dealkylation sites (N-methyl/N-ethyl adjacent to an activating group) is 1. The molecule has 3 rings (SSSR count). The van der Waals surface area contributed by atoms with Crippen LogP contribution in [0, 0.1) is 5.82 Å². The Labute approximate surface area is 130 Å². The molecule has 0 saturated carbocycles. The van der Waals surface area contributed by atoms with E-state index < -0.39 is 0 Å². The maximum absolute atomic E-state index is 13.6. The molecule has 0 aliphatic heterocycles. The summed E-state index contributed by atoms with van der Waals surface area (Å²) in [5.74, 6) is 0.152. The molecule has 0 radical (unpaired) electrons. The van der Waals surface area contributed by atoms with Crippen molar-refractivity contribution in [3.8, 4) is 0 Å². The van der Waals surface area contributed by atoms with Crippen LogP contribution in [0.2, 0.25) is 5.02 Å². The first-order valence-electron chi connectivity index (χ1n) is 7.44. The molecule has 21 heavy (non-hydrogen) atoms. The summed E-state index contributed by atoms with van der Waals surface area (Å²) in [5, 5.41) is 3.80. The van der Waals surface area contributed by atoms with Gasteiger partial charge in [-0.2, -0.15) is 0 Å². The van der Waals surface area contributed by atoms with Gasteiger partial charge in [-0.1, -0.05) is 54.9 Å². The Morgan fingerprint density at radius 1 is 1.24 bits per heavy atom. The predicted molar refractivity (Wildman–Crippen MR) is 85.5 cm³/mol. The van der Waals surface area contributed by atoms with E-state index in [-0.39, 0.29) is 10.8 Å². The average molecular weight is 304 g/mol. The molecule has 1 aliphatic rings. The molecule has 0 bridgehead atoms. The molecule has 1 N–H and O–H groups in total. The van der Waals surface area contributed by atoms with Crippen molar-refractivity contribution >= 4 is 11.6 Å². The first-order valence-corrected chi connectivity index (χ1v) is 7.82. The summed E-state index contributed by atoms with van der Waals surface area (Å²) >= 11 is 6.10. The zero-order valence-electron chi connectivity index (χ0n) is 12.1. The third-order valence-corrected chi connectivity index (χ3v) is 4.74. The molecule has 0 spiro atoms. The lowest BCUT2D eigenvalue weighted by Gasteiger charge is -2.37. The van der Waals surface area contributed by atoms with E-state index in [1.54, 1.807) is 6.07 Å². The van der Waals surface area contributed by atoms with Crippen LogP contribution in [0.1, 0.15) is 29.5 Å². The summed E-state index contributed by atoms with van der Waals surface area (Å²) < 4.78 is 13.6. The third kappa shape index (κ3) is 2.83. The van der Waals surface area contributed by atoms with Crippen LogP contribution in [-0.4, -0.2) is 12.6 Å². The van der Waals surface area contributed by atoms with Crippen LogP contribution >= 0.6 is 11.6 Å². The summed E-state index contributed by atoms with van der Waals surface area (Å²) in [6.07, 6.45) is 1.84. The van der Waals surface area contributed by atoms with E-state index in [0.29, 0.717) is 12.0 Å². The summed E-state index contributed by atoms with van der Waals surface area (Å²) in [6, 6.07) is 13.9. The Morgan fingerprint density at radius 2 is 2.05 bits per heavy atom. The van der Waals surface area contributed by atoms with Crippen LogP contribution in [0.3, 0.4) is 0 Å². The molecule has 2 aromatic rings. The second-order valence-electron chi connectivity index (χ2n) is 5.59. The maximum Gasteiger partial charge on any atom is 0.142 e. The van der Waals surface area contributed by atoms with E-state index in [1.807, 2.05) is 6.07 Å². The first-order chi connectivity index (χ1) is 10.2. The van der Waals surface area contributed by atoms with Crippen LogP contribution in [0.5, 0.6) is 0 Å². The summed E-state index contributed by atoms with van der Waals surface area (Å²) in [5.41, 5.74) is 3.72. The summed E-state index contributed by atoms with van der Waals surface area (Å²) in [4.78, 5) is 0. The van der Waals surface area contributed by atoms with Gasteiger partial charge in [0, 0.05) is 12.0 Å². The van der Waals surface area contributed by atoms with E-state index in [2.05, 4.69) is 36.5 Å². The number of fused-ring (bicyclic) bond motifs is 1. The molecule has 3 heteroatoms. The molecule has 0 saturated heterocycles. The topological polar surface area (TPSA) is 12.0 Å². The highest BCUT2D eigenvalue weighted by Gasteiger charge is 2.32. The van der Waals surface area contributed by atoms with Crippen molar-refractivity contribution in [2.24, 2.45) is 0 Å². The highest BCUT2D eigenvalue weighted by molar-refractivity contribution is 6.31. The normalized spacial score (nSPS) is 18.0. The van der Waals surface area contributed by atoms with Crippen molar-refractivity contribution in [2.45, 2.75) is 31.7 Å². The molecule has 2 atom stereocenters. The minimum absolute atomic E-state index is 0.257. The van der Waals surface area contributed by atoms with Gasteiger partial charge in [-0.15, -0.1) is 0 Å². The minimum Gasteiger partial charge on any atom is -0.313 e. The lowest BCUT2D eigenvalue weighted by molar-refractivity contribution is 0.404. The van der Waals surface area contributed by atoms with Crippen LogP contribution in [0.25, 0.3) is 0 Å². The van der Waals surface area contributed by atoms with Gasteiger partial charge in [-0.25, -0.2) is 4.39 Å². The van der Waals surface area contributed by atoms with Gasteiger partial charge in [-0.05, 0) is 42.1 Å². The fourth-order valence-corrected chi connectivity index (χ4v) is 3.42. The Kier molecular flexibility index (Phi) is 4.27. The van der Waals surface area contributed by atoms with Gasteiger partial charge in [0.1, 0.15) is 5.82 Å². The molecule has 0 fully saturated rings. The lowest BCUT2D eigenvalue weighted by Crippen LogP contribution is -2.41. The maximum atomic E-state index is 13.6. The van der Waals surface area contributed by atoms with Gasteiger partial charge < -0.3 is 5.32 Å².